The van der Waals surface area contributed by atoms with Gasteiger partial charge in [0.15, 0.2) is 0 Å². The molecule has 1 aromatic heterocycles. The third-order valence-electron chi connectivity index (χ3n) is 4.74. The predicted molar refractivity (Wildman–Crippen MR) is 110 cm³/mol. The van der Waals surface area contributed by atoms with Crippen LogP contribution in [0.4, 0.5) is 14.9 Å². The fourth-order valence-electron chi connectivity index (χ4n) is 3.39. The van der Waals surface area contributed by atoms with Crippen LogP contribution in [0.15, 0.2) is 53.5 Å². The van der Waals surface area contributed by atoms with Crippen LogP contribution in [0.1, 0.15) is 31.9 Å². The molecule has 0 saturated carbocycles. The molecule has 0 saturated heterocycles. The number of pyridine rings is 1. The zero-order chi connectivity index (χ0) is 20.3. The largest absolute Gasteiger partial charge is 0.328 e. The lowest BCUT2D eigenvalue weighted by molar-refractivity contribution is 0.190. The van der Waals surface area contributed by atoms with E-state index < -0.39 is 5.82 Å². The number of aromatic amines is 1. The Morgan fingerprint density at radius 1 is 1.21 bits per heavy atom. The molecule has 1 heterocycles. The topological polar surface area (TPSA) is 65.2 Å². The van der Waals surface area contributed by atoms with Gasteiger partial charge in [0.1, 0.15) is 5.82 Å². The number of H-pyrrole nitrogens is 1. The Balaban J connectivity index is 1.95. The summed E-state index contributed by atoms with van der Waals surface area (Å²) in [4.78, 5) is 29.5. The van der Waals surface area contributed by atoms with Crippen molar-refractivity contribution in [2.75, 3.05) is 11.9 Å². The Hall–Kier alpha value is -2.86. The van der Waals surface area contributed by atoms with Crippen LogP contribution in [-0.4, -0.2) is 22.5 Å². The van der Waals surface area contributed by atoms with Gasteiger partial charge in [-0.25, -0.2) is 9.18 Å². The highest BCUT2D eigenvalue weighted by Gasteiger charge is 2.25. The van der Waals surface area contributed by atoms with Crippen molar-refractivity contribution in [1.82, 2.24) is 9.88 Å². The minimum atomic E-state index is -0.543. The monoisotopic (exact) mass is 401 g/mol. The number of urea groups is 1. The molecular formula is C21H21ClFN3O2. The molecule has 7 heteroatoms. The lowest BCUT2D eigenvalue weighted by Crippen LogP contribution is -2.38. The second kappa shape index (κ2) is 8.44. The number of halogens is 2. The summed E-state index contributed by atoms with van der Waals surface area (Å²) < 4.78 is 13.4. The molecule has 0 unspecified atom stereocenters. The van der Waals surface area contributed by atoms with Gasteiger partial charge < -0.3 is 15.2 Å². The maximum absolute atomic E-state index is 13.4. The molecule has 0 aliphatic rings. The number of hydrogen-bond donors (Lipinski definition) is 2. The summed E-state index contributed by atoms with van der Waals surface area (Å²) in [5, 5.41) is 4.11. The van der Waals surface area contributed by atoms with E-state index >= 15 is 0 Å². The molecule has 0 fully saturated rings. The van der Waals surface area contributed by atoms with Crippen LogP contribution in [-0.2, 0) is 0 Å². The molecule has 0 spiro atoms. The lowest BCUT2D eigenvalue weighted by Gasteiger charge is -2.31. The van der Waals surface area contributed by atoms with Crippen molar-refractivity contribution in [3.8, 4) is 0 Å². The van der Waals surface area contributed by atoms with E-state index in [9.17, 15) is 14.0 Å². The van der Waals surface area contributed by atoms with Crippen molar-refractivity contribution >= 4 is 34.1 Å². The van der Waals surface area contributed by atoms with E-state index in [-0.39, 0.29) is 22.7 Å². The summed E-state index contributed by atoms with van der Waals surface area (Å²) in [5.74, 6) is -0.543. The number of carbonyl (C=O) groups is 1. The molecule has 2 N–H and O–H groups in total. The van der Waals surface area contributed by atoms with Gasteiger partial charge in [-0.3, -0.25) is 4.79 Å². The van der Waals surface area contributed by atoms with Crippen molar-refractivity contribution in [2.24, 2.45) is 0 Å². The number of aromatic nitrogens is 1. The Morgan fingerprint density at radius 3 is 2.57 bits per heavy atom. The van der Waals surface area contributed by atoms with Crippen LogP contribution in [0, 0.1) is 5.82 Å². The number of hydrogen-bond acceptors (Lipinski definition) is 2. The molecule has 2 aromatic carbocycles. The summed E-state index contributed by atoms with van der Waals surface area (Å²) in [6.45, 7) is 4.32. The number of nitrogens with one attached hydrogen (secondary N) is 2. The van der Waals surface area contributed by atoms with Gasteiger partial charge in [0.05, 0.1) is 11.1 Å². The third kappa shape index (κ3) is 3.87. The number of nitrogens with zero attached hydrogens (tertiary/aromatic N) is 1. The average Bonchev–Trinajstić information content (AvgIpc) is 2.70. The molecule has 28 heavy (non-hydrogen) atoms. The van der Waals surface area contributed by atoms with Crippen molar-refractivity contribution in [2.45, 2.75) is 26.3 Å². The maximum Gasteiger partial charge on any atom is 0.322 e. The molecule has 0 radical (unpaired) electrons. The number of anilines is 1. The van der Waals surface area contributed by atoms with Crippen LogP contribution in [0.5, 0.6) is 0 Å². The second-order valence-corrected chi connectivity index (χ2v) is 6.80. The molecule has 0 bridgehead atoms. The van der Waals surface area contributed by atoms with Gasteiger partial charge in [-0.2, -0.15) is 0 Å². The summed E-state index contributed by atoms with van der Waals surface area (Å²) >= 11 is 5.80. The number of benzene rings is 2. The Labute approximate surface area is 167 Å². The van der Waals surface area contributed by atoms with Gasteiger partial charge >= 0.3 is 6.03 Å². The van der Waals surface area contributed by atoms with E-state index in [0.29, 0.717) is 24.0 Å². The minimum Gasteiger partial charge on any atom is -0.328 e. The standard InChI is InChI=1S/C21H21ClFN3O2/c1-3-19(16-12-24-20(27)15-8-6-5-7-14(15)16)26(4-2)21(28)25-13-9-10-18(23)17(22)11-13/h5-12,19H,3-4H2,1-2H3,(H,24,27)(H,25,28)/t19-/m0/s1. The van der Waals surface area contributed by atoms with Crippen LogP contribution < -0.4 is 10.9 Å². The first kappa shape index (κ1) is 19.9. The van der Waals surface area contributed by atoms with Crippen molar-refractivity contribution in [1.29, 1.82) is 0 Å². The molecule has 1 atom stereocenters. The first-order valence-corrected chi connectivity index (χ1v) is 9.47. The van der Waals surface area contributed by atoms with Crippen LogP contribution in [0.3, 0.4) is 0 Å². The zero-order valence-electron chi connectivity index (χ0n) is 15.6. The van der Waals surface area contributed by atoms with Crippen molar-refractivity contribution < 1.29 is 9.18 Å². The van der Waals surface area contributed by atoms with Gasteiger partial charge in [-0.15, -0.1) is 0 Å². The van der Waals surface area contributed by atoms with Crippen LogP contribution >= 0.6 is 11.6 Å². The third-order valence-corrected chi connectivity index (χ3v) is 5.03. The Bertz CT molecular complexity index is 1070. The first-order chi connectivity index (χ1) is 13.5. The molecule has 3 rings (SSSR count). The molecule has 3 aromatic rings. The number of fused-ring (bicyclic) bond motifs is 1. The van der Waals surface area contributed by atoms with Gasteiger partial charge in [-0.05, 0) is 48.6 Å². The highest BCUT2D eigenvalue weighted by Crippen LogP contribution is 2.29. The maximum atomic E-state index is 13.4. The predicted octanol–water partition coefficient (Wildman–Crippen LogP) is 5.33. The molecular weight excluding hydrogens is 381 g/mol. The quantitative estimate of drug-likeness (QED) is 0.607. The van der Waals surface area contributed by atoms with E-state index in [1.165, 1.54) is 18.2 Å². The van der Waals surface area contributed by atoms with Gasteiger partial charge in [0.25, 0.3) is 5.56 Å². The minimum absolute atomic E-state index is 0.0560. The Morgan fingerprint density at radius 2 is 1.93 bits per heavy atom. The van der Waals surface area contributed by atoms with E-state index in [2.05, 4.69) is 10.3 Å². The Kier molecular flexibility index (Phi) is 5.99. The molecule has 146 valence electrons. The van der Waals surface area contributed by atoms with Crippen molar-refractivity contribution in [3.05, 3.63) is 75.4 Å². The smallest absolute Gasteiger partial charge is 0.322 e. The fourth-order valence-corrected chi connectivity index (χ4v) is 3.57. The normalized spacial score (nSPS) is 12.0. The van der Waals surface area contributed by atoms with Crippen LogP contribution in [0.25, 0.3) is 10.8 Å². The fraction of sp³-hybridized carbons (Fsp3) is 0.238. The average molecular weight is 402 g/mol. The zero-order valence-corrected chi connectivity index (χ0v) is 16.4. The summed E-state index contributed by atoms with van der Waals surface area (Å²) in [7, 11) is 0. The SMILES string of the molecule is CC[C@@H](c1c[nH]c(=O)c2ccccc12)N(CC)C(=O)Nc1ccc(F)c(Cl)c1. The highest BCUT2D eigenvalue weighted by molar-refractivity contribution is 6.31. The number of rotatable bonds is 5. The molecule has 2 amide bonds. The van der Waals surface area contributed by atoms with Crippen molar-refractivity contribution in [3.63, 3.8) is 0 Å². The van der Waals surface area contributed by atoms with Gasteiger partial charge in [0, 0.05) is 23.8 Å². The number of amides is 2. The summed E-state index contributed by atoms with van der Waals surface area (Å²) in [6, 6.07) is 10.8. The second-order valence-electron chi connectivity index (χ2n) is 6.39. The molecule has 0 aliphatic heterocycles. The summed E-state index contributed by atoms with van der Waals surface area (Å²) in [6.07, 6.45) is 2.32. The lowest BCUT2D eigenvalue weighted by atomic mass is 9.98. The van der Waals surface area contributed by atoms with Crippen LogP contribution in [0.2, 0.25) is 5.02 Å². The summed E-state index contributed by atoms with van der Waals surface area (Å²) in [5.41, 5.74) is 1.12. The molecule has 5 nitrogen and oxygen atoms in total. The van der Waals surface area contributed by atoms with Gasteiger partial charge in [0.2, 0.25) is 0 Å². The van der Waals surface area contributed by atoms with E-state index in [1.807, 2.05) is 32.0 Å². The highest BCUT2D eigenvalue weighted by atomic mass is 35.5. The number of carbonyl (C=O) groups excluding carboxylic acids is 1. The van der Waals surface area contributed by atoms with E-state index in [0.717, 1.165) is 10.9 Å². The van der Waals surface area contributed by atoms with E-state index in [4.69, 9.17) is 11.6 Å². The first-order valence-electron chi connectivity index (χ1n) is 9.09. The molecule has 0 aliphatic carbocycles. The van der Waals surface area contributed by atoms with Gasteiger partial charge in [-0.1, -0.05) is 36.7 Å². The van der Waals surface area contributed by atoms with E-state index in [1.54, 1.807) is 17.2 Å².